The van der Waals surface area contributed by atoms with Gasteiger partial charge >= 0.3 is 12.3 Å². The Morgan fingerprint density at radius 1 is 0.744 bits per heavy atom. The zero-order valence-corrected chi connectivity index (χ0v) is 22.0. The van der Waals surface area contributed by atoms with Gasteiger partial charge in [0.15, 0.2) is 0 Å². The van der Waals surface area contributed by atoms with Gasteiger partial charge < -0.3 is 9.47 Å². The number of alkyl halides is 5. The molecule has 0 aliphatic heterocycles. The van der Waals surface area contributed by atoms with Crippen molar-refractivity contribution in [2.24, 2.45) is 17.8 Å². The van der Waals surface area contributed by atoms with Gasteiger partial charge in [0, 0.05) is 12.1 Å². The molecule has 0 saturated heterocycles. The molecule has 2 aromatic carbocycles. The first-order chi connectivity index (χ1) is 18.5. The first-order valence-electron chi connectivity index (χ1n) is 13.8. The summed E-state index contributed by atoms with van der Waals surface area (Å²) >= 11 is 0. The smallest absolute Gasteiger partial charge is 0.422 e. The van der Waals surface area contributed by atoms with E-state index in [9.17, 15) is 30.7 Å². The molecular formula is C30H35F7O2. The van der Waals surface area contributed by atoms with Gasteiger partial charge in [0.25, 0.3) is 0 Å². The van der Waals surface area contributed by atoms with Gasteiger partial charge in [-0.3, -0.25) is 0 Å². The lowest BCUT2D eigenvalue weighted by Gasteiger charge is -2.39. The minimum absolute atomic E-state index is 0.160. The van der Waals surface area contributed by atoms with Gasteiger partial charge in [0.05, 0.1) is 18.6 Å². The van der Waals surface area contributed by atoms with Crippen LogP contribution in [0.4, 0.5) is 30.7 Å². The summed E-state index contributed by atoms with van der Waals surface area (Å²) < 4.78 is 106. The van der Waals surface area contributed by atoms with Gasteiger partial charge in [0.1, 0.15) is 22.9 Å². The maximum Gasteiger partial charge on any atom is 0.422 e. The van der Waals surface area contributed by atoms with Crippen molar-refractivity contribution in [3.8, 4) is 5.75 Å². The number of hydrogen-bond donors (Lipinski definition) is 0. The predicted molar refractivity (Wildman–Crippen MR) is 133 cm³/mol. The van der Waals surface area contributed by atoms with Crippen LogP contribution in [-0.4, -0.2) is 12.2 Å². The monoisotopic (exact) mass is 560 g/mol. The zero-order chi connectivity index (χ0) is 28.2. The Balaban J connectivity index is 1.22. The fourth-order valence-electron chi connectivity index (χ4n) is 6.08. The van der Waals surface area contributed by atoms with Crippen molar-refractivity contribution >= 4 is 0 Å². The van der Waals surface area contributed by atoms with Crippen LogP contribution in [-0.2, 0) is 23.9 Å². The summed E-state index contributed by atoms with van der Waals surface area (Å²) in [5.41, 5.74) is 0.350. The second kappa shape index (κ2) is 12.5. The molecule has 2 saturated carbocycles. The highest BCUT2D eigenvalue weighted by Crippen LogP contribution is 2.45. The summed E-state index contributed by atoms with van der Waals surface area (Å²) in [5.74, 6) is -5.36. The van der Waals surface area contributed by atoms with Crippen LogP contribution in [0.2, 0.25) is 0 Å². The molecule has 0 amide bonds. The van der Waals surface area contributed by atoms with E-state index in [0.29, 0.717) is 31.3 Å². The topological polar surface area (TPSA) is 18.5 Å². The Kier molecular flexibility index (Phi) is 9.50. The van der Waals surface area contributed by atoms with Crippen molar-refractivity contribution in [3.63, 3.8) is 0 Å². The van der Waals surface area contributed by atoms with Gasteiger partial charge in [-0.2, -0.15) is 22.0 Å². The second-order valence-corrected chi connectivity index (χ2v) is 10.9. The Hall–Kier alpha value is -2.29. The molecule has 2 aliphatic carbocycles. The molecule has 4 rings (SSSR count). The highest BCUT2D eigenvalue weighted by Gasteiger charge is 2.46. The second-order valence-electron chi connectivity index (χ2n) is 10.9. The summed E-state index contributed by atoms with van der Waals surface area (Å²) in [7, 11) is 0. The fourth-order valence-corrected chi connectivity index (χ4v) is 6.08. The van der Waals surface area contributed by atoms with E-state index in [1.807, 2.05) is 0 Å². The van der Waals surface area contributed by atoms with Crippen molar-refractivity contribution < 1.29 is 40.2 Å². The SMILES string of the molecule is CCCc1ccc(COC2CCC(C3CCC(C(F)(F)Oc4cc(F)c(C(F)(F)F)c(F)c4)CC3)CC2)cc1. The molecule has 0 atom stereocenters. The lowest BCUT2D eigenvalue weighted by Crippen LogP contribution is -2.38. The van der Waals surface area contributed by atoms with E-state index >= 15 is 0 Å². The molecule has 2 nitrogen and oxygen atoms in total. The number of hydrogen-bond acceptors (Lipinski definition) is 2. The summed E-state index contributed by atoms with van der Waals surface area (Å²) in [4.78, 5) is 0. The van der Waals surface area contributed by atoms with Crippen LogP contribution in [0.5, 0.6) is 5.75 Å². The first kappa shape index (κ1) is 29.7. The maximum atomic E-state index is 14.8. The molecule has 39 heavy (non-hydrogen) atoms. The van der Waals surface area contributed by atoms with Crippen molar-refractivity contribution in [2.45, 2.75) is 96.1 Å². The van der Waals surface area contributed by atoms with Crippen molar-refractivity contribution in [1.82, 2.24) is 0 Å². The van der Waals surface area contributed by atoms with Crippen molar-refractivity contribution in [3.05, 3.63) is 64.7 Å². The molecule has 2 aliphatic rings. The number of ether oxygens (including phenoxy) is 2. The van der Waals surface area contributed by atoms with Gasteiger partial charge in [-0.15, -0.1) is 0 Å². The van der Waals surface area contributed by atoms with E-state index in [4.69, 9.17) is 4.74 Å². The molecule has 0 unspecified atom stereocenters. The normalized spacial score (nSPS) is 24.5. The Morgan fingerprint density at radius 2 is 1.26 bits per heavy atom. The molecule has 0 aromatic heterocycles. The van der Waals surface area contributed by atoms with Crippen LogP contribution in [0.3, 0.4) is 0 Å². The average molecular weight is 561 g/mol. The minimum atomic E-state index is -5.28. The van der Waals surface area contributed by atoms with E-state index in [-0.39, 0.29) is 31.1 Å². The van der Waals surface area contributed by atoms with Gasteiger partial charge in [-0.25, -0.2) is 8.78 Å². The molecule has 2 fully saturated rings. The predicted octanol–water partition coefficient (Wildman–Crippen LogP) is 9.49. The Bertz CT molecular complexity index is 1040. The van der Waals surface area contributed by atoms with Crippen LogP contribution in [0.15, 0.2) is 36.4 Å². The van der Waals surface area contributed by atoms with E-state index in [2.05, 4.69) is 35.9 Å². The first-order valence-corrected chi connectivity index (χ1v) is 13.8. The van der Waals surface area contributed by atoms with Gasteiger partial charge in [-0.1, -0.05) is 37.6 Å². The fraction of sp³-hybridized carbons (Fsp3) is 0.600. The summed E-state index contributed by atoms with van der Waals surface area (Å²) in [6.45, 7) is 2.73. The number of aryl methyl sites for hydroxylation is 1. The zero-order valence-electron chi connectivity index (χ0n) is 22.0. The maximum absolute atomic E-state index is 14.8. The molecule has 0 radical (unpaired) electrons. The highest BCUT2D eigenvalue weighted by atomic mass is 19.4. The van der Waals surface area contributed by atoms with E-state index in [1.54, 1.807) is 0 Å². The summed E-state index contributed by atoms with van der Waals surface area (Å²) in [6.07, 6.45) is -1.32. The summed E-state index contributed by atoms with van der Waals surface area (Å²) in [6, 6.07) is 8.83. The van der Waals surface area contributed by atoms with E-state index in [0.717, 1.165) is 44.1 Å². The van der Waals surface area contributed by atoms with Crippen molar-refractivity contribution in [1.29, 1.82) is 0 Å². The quantitative estimate of drug-likeness (QED) is 0.285. The average Bonchev–Trinajstić information content (AvgIpc) is 2.87. The summed E-state index contributed by atoms with van der Waals surface area (Å²) in [5, 5.41) is 0. The van der Waals surface area contributed by atoms with Crippen LogP contribution >= 0.6 is 0 Å². The van der Waals surface area contributed by atoms with Crippen LogP contribution in [0.1, 0.15) is 81.4 Å². The van der Waals surface area contributed by atoms with Crippen LogP contribution in [0.25, 0.3) is 0 Å². The van der Waals surface area contributed by atoms with E-state index in [1.165, 1.54) is 5.56 Å². The highest BCUT2D eigenvalue weighted by molar-refractivity contribution is 5.32. The third-order valence-corrected chi connectivity index (χ3v) is 8.23. The molecule has 216 valence electrons. The molecular weight excluding hydrogens is 525 g/mol. The van der Waals surface area contributed by atoms with Gasteiger partial charge in [0.2, 0.25) is 0 Å². The standard InChI is InChI=1S/C30H35F7O2/c1-2-3-19-4-6-20(7-5-19)18-38-24-14-10-22(11-15-24)21-8-12-23(13-9-21)30(36,37)39-25-16-26(31)28(27(32)17-25)29(33,34)35/h4-7,16-17,21-24H,2-3,8-15,18H2,1H3. The Morgan fingerprint density at radius 3 is 1.77 bits per heavy atom. The lowest BCUT2D eigenvalue weighted by molar-refractivity contribution is -0.224. The third-order valence-electron chi connectivity index (χ3n) is 8.23. The minimum Gasteiger partial charge on any atom is -0.432 e. The van der Waals surface area contributed by atoms with Crippen molar-refractivity contribution in [2.75, 3.05) is 0 Å². The van der Waals surface area contributed by atoms with Gasteiger partial charge in [-0.05, 0) is 80.8 Å². The third kappa shape index (κ3) is 7.68. The molecule has 0 bridgehead atoms. The largest absolute Gasteiger partial charge is 0.432 e. The molecule has 0 heterocycles. The lowest BCUT2D eigenvalue weighted by atomic mass is 9.70. The molecule has 2 aromatic rings. The van der Waals surface area contributed by atoms with E-state index < -0.39 is 41.2 Å². The van der Waals surface area contributed by atoms with Crippen LogP contribution < -0.4 is 4.74 Å². The number of benzene rings is 2. The Labute approximate surface area is 224 Å². The van der Waals surface area contributed by atoms with Crippen LogP contribution in [0, 0.1) is 29.4 Å². The molecule has 0 N–H and O–H groups in total. The molecule has 9 heteroatoms. The number of halogens is 7. The molecule has 0 spiro atoms. The number of rotatable bonds is 9.